The molecule has 2 nitrogen and oxygen atoms in total. The van der Waals surface area contributed by atoms with Gasteiger partial charge in [0, 0.05) is 0 Å². The lowest BCUT2D eigenvalue weighted by atomic mass is 10.2. The molecule has 1 N–H and O–H groups in total. The van der Waals surface area contributed by atoms with E-state index in [4.69, 9.17) is 4.89 Å². The third-order valence-electron chi connectivity index (χ3n) is 1.23. The van der Waals surface area contributed by atoms with E-state index < -0.39 is 8.03 Å². The highest BCUT2D eigenvalue weighted by Crippen LogP contribution is 2.14. The molecule has 0 radical (unpaired) electrons. The van der Waals surface area contributed by atoms with Crippen molar-refractivity contribution in [1.82, 2.24) is 0 Å². The molecule has 0 aliphatic rings. The van der Waals surface area contributed by atoms with Gasteiger partial charge in [0.1, 0.15) is 0 Å². The Morgan fingerprint density at radius 3 is 2.70 bits per heavy atom. The zero-order valence-corrected chi connectivity index (χ0v) is 7.34. The fourth-order valence-corrected chi connectivity index (χ4v) is 1.06. The van der Waals surface area contributed by atoms with Gasteiger partial charge in [0.15, 0.2) is 0 Å². The lowest BCUT2D eigenvalue weighted by molar-refractivity contribution is 0.512. The zero-order valence-electron chi connectivity index (χ0n) is 6.34. The second-order valence-electron chi connectivity index (χ2n) is 2.24. The van der Waals surface area contributed by atoms with Gasteiger partial charge in [-0.3, -0.25) is 4.57 Å². The number of unbranched alkanes of at least 4 members (excludes halogenated alkanes) is 3. The predicted octanol–water partition coefficient (Wildman–Crippen LogP) is 2.55. The van der Waals surface area contributed by atoms with Crippen LogP contribution in [0.3, 0.4) is 0 Å². The molecule has 1 atom stereocenters. The first-order valence-corrected chi connectivity index (χ1v) is 5.10. The van der Waals surface area contributed by atoms with Crippen molar-refractivity contribution in [1.29, 1.82) is 0 Å². The van der Waals surface area contributed by atoms with Crippen molar-refractivity contribution >= 4 is 8.03 Å². The third kappa shape index (κ3) is 7.93. The van der Waals surface area contributed by atoms with Crippen LogP contribution in [-0.4, -0.2) is 4.89 Å². The Kier molecular flexibility index (Phi) is 6.99. The topological polar surface area (TPSA) is 37.3 Å². The summed E-state index contributed by atoms with van der Waals surface area (Å²) < 4.78 is 10.1. The first-order valence-electron chi connectivity index (χ1n) is 3.67. The van der Waals surface area contributed by atoms with Gasteiger partial charge in [0.25, 0.3) is 0 Å². The Morgan fingerprint density at radius 2 is 2.20 bits per heavy atom. The Hall–Kier alpha value is -0.0700. The molecule has 1 unspecified atom stereocenters. The van der Waals surface area contributed by atoms with Crippen LogP contribution < -0.4 is 0 Å². The Balaban J connectivity index is 3.10. The highest BCUT2D eigenvalue weighted by Gasteiger charge is 1.82. The highest BCUT2D eigenvalue weighted by molar-refractivity contribution is 7.41. The molecule has 0 rings (SSSR count). The molecule has 60 valence electrons. The molecule has 0 aromatic rings. The van der Waals surface area contributed by atoms with Crippen molar-refractivity contribution < 1.29 is 9.46 Å². The zero-order chi connectivity index (χ0) is 7.82. The van der Waals surface area contributed by atoms with Crippen LogP contribution in [0.25, 0.3) is 0 Å². The van der Waals surface area contributed by atoms with E-state index in [9.17, 15) is 4.57 Å². The molecule has 0 aliphatic carbocycles. The number of hydrogen-bond donors (Lipinski definition) is 1. The first kappa shape index (κ1) is 9.93. The van der Waals surface area contributed by atoms with Gasteiger partial charge in [-0.05, 0) is 18.7 Å². The predicted molar refractivity (Wildman–Crippen MR) is 44.5 cm³/mol. The molecule has 3 heteroatoms. The molecule has 0 heterocycles. The van der Waals surface area contributed by atoms with Crippen LogP contribution in [0.4, 0.5) is 0 Å². The summed E-state index contributed by atoms with van der Waals surface area (Å²) in [6.07, 6.45) is 6.25. The van der Waals surface area contributed by atoms with Gasteiger partial charge < -0.3 is 4.89 Å². The molecule has 0 aromatic heterocycles. The molecule has 0 saturated heterocycles. The largest absolute Gasteiger partial charge is 0.344 e. The fourth-order valence-electron chi connectivity index (χ4n) is 0.696. The lowest BCUT2D eigenvalue weighted by Crippen LogP contribution is -1.69. The quantitative estimate of drug-likeness (QED) is 0.498. The minimum atomic E-state index is -2.35. The van der Waals surface area contributed by atoms with Crippen LogP contribution in [0.15, 0.2) is 11.9 Å². The van der Waals surface area contributed by atoms with Crippen molar-refractivity contribution in [2.75, 3.05) is 0 Å². The second-order valence-corrected chi connectivity index (χ2v) is 3.25. The van der Waals surface area contributed by atoms with Crippen LogP contribution >= 0.6 is 8.03 Å². The summed E-state index contributed by atoms with van der Waals surface area (Å²) in [5, 5.41) is 0. The third-order valence-corrected chi connectivity index (χ3v) is 1.76. The van der Waals surface area contributed by atoms with Gasteiger partial charge in [-0.25, -0.2) is 0 Å². The average molecular weight is 162 g/mol. The first-order chi connectivity index (χ1) is 4.77. The summed E-state index contributed by atoms with van der Waals surface area (Å²) in [7, 11) is -2.35. The van der Waals surface area contributed by atoms with Crippen LogP contribution in [0, 0.1) is 0 Å². The fraction of sp³-hybridized carbons (Fsp3) is 0.714. The van der Waals surface area contributed by atoms with Crippen molar-refractivity contribution in [3.63, 3.8) is 0 Å². The number of allylic oxidation sites excluding steroid dienone is 1. The molecule has 0 fully saturated rings. The van der Waals surface area contributed by atoms with E-state index in [0.29, 0.717) is 0 Å². The van der Waals surface area contributed by atoms with Gasteiger partial charge in [-0.1, -0.05) is 25.8 Å². The lowest BCUT2D eigenvalue weighted by Gasteiger charge is -1.89. The van der Waals surface area contributed by atoms with Crippen LogP contribution in [0.2, 0.25) is 0 Å². The minimum Gasteiger partial charge on any atom is -0.344 e. The Bertz CT molecular complexity index is 121. The van der Waals surface area contributed by atoms with E-state index in [1.54, 1.807) is 6.08 Å². The van der Waals surface area contributed by atoms with Gasteiger partial charge >= 0.3 is 0 Å². The van der Waals surface area contributed by atoms with Crippen LogP contribution in [0.1, 0.15) is 32.6 Å². The van der Waals surface area contributed by atoms with Crippen molar-refractivity contribution in [3.8, 4) is 0 Å². The van der Waals surface area contributed by atoms with Crippen molar-refractivity contribution in [3.05, 3.63) is 11.9 Å². The molecule has 0 amide bonds. The molecule has 0 saturated carbocycles. The summed E-state index contributed by atoms with van der Waals surface area (Å²) in [5.41, 5.74) is 0. The van der Waals surface area contributed by atoms with Gasteiger partial charge in [-0.2, -0.15) is 0 Å². The molecule has 0 bridgehead atoms. The maximum atomic E-state index is 10.1. The van der Waals surface area contributed by atoms with Crippen molar-refractivity contribution in [2.24, 2.45) is 0 Å². The molecule has 0 aromatic carbocycles. The Labute approximate surface area is 62.8 Å². The van der Waals surface area contributed by atoms with Gasteiger partial charge in [0.2, 0.25) is 8.03 Å². The van der Waals surface area contributed by atoms with E-state index in [1.165, 1.54) is 18.7 Å². The van der Waals surface area contributed by atoms with E-state index in [-0.39, 0.29) is 0 Å². The monoisotopic (exact) mass is 162 g/mol. The van der Waals surface area contributed by atoms with E-state index in [2.05, 4.69) is 6.92 Å². The van der Waals surface area contributed by atoms with E-state index in [0.717, 1.165) is 12.8 Å². The van der Waals surface area contributed by atoms with Crippen molar-refractivity contribution in [2.45, 2.75) is 32.6 Å². The maximum Gasteiger partial charge on any atom is 0.210 e. The summed E-state index contributed by atoms with van der Waals surface area (Å²) >= 11 is 0. The van der Waals surface area contributed by atoms with E-state index >= 15 is 0 Å². The average Bonchev–Trinajstić information content (AvgIpc) is 1.87. The molecule has 0 spiro atoms. The number of hydrogen-bond acceptors (Lipinski definition) is 1. The van der Waals surface area contributed by atoms with Gasteiger partial charge in [-0.15, -0.1) is 0 Å². The second kappa shape index (κ2) is 7.04. The van der Waals surface area contributed by atoms with Crippen LogP contribution in [-0.2, 0) is 4.57 Å². The summed E-state index contributed by atoms with van der Waals surface area (Å²) in [5.74, 6) is 1.39. The smallest absolute Gasteiger partial charge is 0.210 e. The normalized spacial score (nSPS) is 14.2. The molecular weight excluding hydrogens is 147 g/mol. The minimum absolute atomic E-state index is 0.935. The molecular formula is C7H15O2P. The Morgan fingerprint density at radius 1 is 1.50 bits per heavy atom. The van der Waals surface area contributed by atoms with E-state index in [1.807, 2.05) is 0 Å². The molecule has 0 aliphatic heterocycles. The van der Waals surface area contributed by atoms with Crippen LogP contribution in [0.5, 0.6) is 0 Å². The SMILES string of the molecule is CCCCCC=C[PH](=O)O. The summed E-state index contributed by atoms with van der Waals surface area (Å²) in [6, 6.07) is 0. The number of rotatable bonds is 5. The highest BCUT2D eigenvalue weighted by atomic mass is 31.1. The standard InChI is InChI=1S/C7H15O2P/c1-2-3-4-5-6-7-10(8)9/h6-7,10H,2-5H2,1H3,(H,8,9). The van der Waals surface area contributed by atoms with Gasteiger partial charge in [0.05, 0.1) is 0 Å². The molecule has 10 heavy (non-hydrogen) atoms. The summed E-state index contributed by atoms with van der Waals surface area (Å²) in [6.45, 7) is 2.14. The summed E-state index contributed by atoms with van der Waals surface area (Å²) in [4.78, 5) is 8.37. The maximum absolute atomic E-state index is 10.1.